The van der Waals surface area contributed by atoms with Gasteiger partial charge in [0.1, 0.15) is 5.69 Å². The Bertz CT molecular complexity index is 1400. The zero-order chi connectivity index (χ0) is 24.9. The molecule has 36 heavy (non-hydrogen) atoms. The van der Waals surface area contributed by atoms with E-state index in [1.165, 1.54) is 39.1 Å². The second-order valence-corrected chi connectivity index (χ2v) is 9.67. The third-order valence-corrected chi connectivity index (χ3v) is 6.41. The van der Waals surface area contributed by atoms with Crippen molar-refractivity contribution in [1.82, 2.24) is 15.0 Å². The number of hydrogen-bond acceptors (Lipinski definition) is 3. The molecule has 5 rings (SSSR count). The lowest BCUT2D eigenvalue weighted by Crippen LogP contribution is -2.22. The molecule has 0 bridgehead atoms. The molecule has 0 aliphatic carbocycles. The van der Waals surface area contributed by atoms with Gasteiger partial charge in [-0.3, -0.25) is 0 Å². The normalized spacial score (nSPS) is 11.0. The minimum Gasteiger partial charge on any atom is -0.363 e. The van der Waals surface area contributed by atoms with Crippen molar-refractivity contribution in [3.05, 3.63) is 137 Å². The first-order chi connectivity index (χ1) is 17.5. The molecule has 1 aromatic heterocycles. The van der Waals surface area contributed by atoms with Crippen LogP contribution in [-0.4, -0.2) is 15.0 Å². The van der Waals surface area contributed by atoms with Crippen molar-refractivity contribution in [3.8, 4) is 11.3 Å². The second-order valence-electron chi connectivity index (χ2n) is 9.67. The molecule has 0 saturated carbocycles. The first kappa shape index (κ1) is 23.6. The molecule has 0 saturated heterocycles. The van der Waals surface area contributed by atoms with Gasteiger partial charge < -0.3 is 4.90 Å². The summed E-state index contributed by atoms with van der Waals surface area (Å²) in [5, 5.41) is 8.79. The number of aromatic nitrogens is 3. The Kier molecular flexibility index (Phi) is 6.94. The molecule has 0 radical (unpaired) electrons. The maximum absolute atomic E-state index is 4.43. The summed E-state index contributed by atoms with van der Waals surface area (Å²) < 4.78 is 1.90. The van der Waals surface area contributed by atoms with Crippen molar-refractivity contribution in [3.63, 3.8) is 0 Å². The van der Waals surface area contributed by atoms with E-state index in [-0.39, 0.29) is 0 Å². The Morgan fingerprint density at radius 1 is 0.639 bits per heavy atom. The minimum absolute atomic E-state index is 0.716. The monoisotopic (exact) mass is 472 g/mol. The van der Waals surface area contributed by atoms with Gasteiger partial charge in [0.25, 0.3) is 0 Å². The zero-order valence-electron chi connectivity index (χ0n) is 21.2. The Morgan fingerprint density at radius 2 is 1.17 bits per heavy atom. The summed E-state index contributed by atoms with van der Waals surface area (Å²) in [6.07, 6.45) is 2.02. The molecule has 0 N–H and O–H groups in total. The van der Waals surface area contributed by atoms with Gasteiger partial charge in [-0.15, -0.1) is 5.10 Å². The molecule has 0 aliphatic rings. The minimum atomic E-state index is 0.716. The molecule has 4 nitrogen and oxygen atoms in total. The summed E-state index contributed by atoms with van der Waals surface area (Å²) in [5.74, 6) is 0. The van der Waals surface area contributed by atoms with E-state index in [1.807, 2.05) is 10.9 Å². The first-order valence-corrected chi connectivity index (χ1v) is 12.4. The van der Waals surface area contributed by atoms with Crippen LogP contribution < -0.4 is 4.90 Å². The van der Waals surface area contributed by atoms with Crippen LogP contribution in [0.25, 0.3) is 11.3 Å². The number of nitrogens with zero attached hydrogens (tertiary/aromatic N) is 4. The Morgan fingerprint density at radius 3 is 1.72 bits per heavy atom. The number of benzene rings is 4. The van der Waals surface area contributed by atoms with E-state index in [0.29, 0.717) is 6.54 Å². The fourth-order valence-corrected chi connectivity index (χ4v) is 4.65. The third kappa shape index (κ3) is 5.89. The van der Waals surface area contributed by atoms with Gasteiger partial charge in [-0.1, -0.05) is 107 Å². The summed E-state index contributed by atoms with van der Waals surface area (Å²) in [6, 6.07) is 34.7. The molecule has 0 amide bonds. The van der Waals surface area contributed by atoms with Crippen molar-refractivity contribution in [2.45, 2.75) is 40.4 Å². The van der Waals surface area contributed by atoms with E-state index in [0.717, 1.165) is 24.3 Å². The van der Waals surface area contributed by atoms with Crippen molar-refractivity contribution in [2.75, 3.05) is 4.90 Å². The quantitative estimate of drug-likeness (QED) is 0.241. The molecule has 4 aromatic carbocycles. The SMILES string of the molecule is Cc1cccc(CN(Cc2cccc(C)c2)c2ccc(-c3cn(Cc4cccc(C)c4)nn3)cc2)c1. The maximum atomic E-state index is 4.43. The van der Waals surface area contributed by atoms with Gasteiger partial charge in [0, 0.05) is 24.3 Å². The van der Waals surface area contributed by atoms with Crippen LogP contribution in [0.1, 0.15) is 33.4 Å². The highest BCUT2D eigenvalue weighted by Crippen LogP contribution is 2.25. The van der Waals surface area contributed by atoms with Crippen molar-refractivity contribution in [2.24, 2.45) is 0 Å². The number of hydrogen-bond donors (Lipinski definition) is 0. The van der Waals surface area contributed by atoms with Gasteiger partial charge in [0.2, 0.25) is 0 Å². The summed E-state index contributed by atoms with van der Waals surface area (Å²) in [7, 11) is 0. The van der Waals surface area contributed by atoms with Gasteiger partial charge in [-0.2, -0.15) is 0 Å². The highest BCUT2D eigenvalue weighted by atomic mass is 15.4. The van der Waals surface area contributed by atoms with Gasteiger partial charge in [-0.25, -0.2) is 4.68 Å². The highest BCUT2D eigenvalue weighted by Gasteiger charge is 2.11. The molecule has 0 aliphatic heterocycles. The zero-order valence-corrected chi connectivity index (χ0v) is 21.2. The molecule has 5 aromatic rings. The highest BCUT2D eigenvalue weighted by molar-refractivity contribution is 5.62. The predicted octanol–water partition coefficient (Wildman–Crippen LogP) is 7.13. The molecule has 1 heterocycles. The van der Waals surface area contributed by atoms with E-state index in [1.54, 1.807) is 0 Å². The van der Waals surface area contributed by atoms with Crippen molar-refractivity contribution >= 4 is 5.69 Å². The van der Waals surface area contributed by atoms with E-state index in [2.05, 4.69) is 133 Å². The lowest BCUT2D eigenvalue weighted by molar-refractivity contribution is 0.649. The molecule has 4 heteroatoms. The van der Waals surface area contributed by atoms with Crippen LogP contribution in [0.3, 0.4) is 0 Å². The Hall–Kier alpha value is -4.18. The molecular formula is C32H32N4. The van der Waals surface area contributed by atoms with Crippen molar-refractivity contribution in [1.29, 1.82) is 0 Å². The van der Waals surface area contributed by atoms with Crippen LogP contribution in [0.4, 0.5) is 5.69 Å². The van der Waals surface area contributed by atoms with E-state index in [4.69, 9.17) is 0 Å². The summed E-state index contributed by atoms with van der Waals surface area (Å²) in [4.78, 5) is 2.43. The van der Waals surface area contributed by atoms with Crippen LogP contribution in [0.2, 0.25) is 0 Å². The number of aryl methyl sites for hydroxylation is 3. The summed E-state index contributed by atoms with van der Waals surface area (Å²) in [6.45, 7) is 8.82. The molecular weight excluding hydrogens is 440 g/mol. The average molecular weight is 473 g/mol. The van der Waals surface area contributed by atoms with Gasteiger partial charge in [-0.05, 0) is 49.6 Å². The maximum Gasteiger partial charge on any atom is 0.113 e. The van der Waals surface area contributed by atoms with Crippen LogP contribution in [-0.2, 0) is 19.6 Å². The lowest BCUT2D eigenvalue weighted by atomic mass is 10.1. The average Bonchev–Trinajstić information content (AvgIpc) is 3.32. The first-order valence-electron chi connectivity index (χ1n) is 12.4. The molecule has 180 valence electrons. The standard InChI is InChI=1S/C32H32N4/c1-24-7-4-10-27(17-24)20-35(21-28-11-5-8-25(2)18-28)31-15-13-30(14-16-31)32-23-36(34-33-32)22-29-12-6-9-26(3)19-29/h4-19,23H,20-22H2,1-3H3. The van der Waals surface area contributed by atoms with Crippen LogP contribution in [0.5, 0.6) is 0 Å². The number of anilines is 1. The number of rotatable bonds is 8. The predicted molar refractivity (Wildman–Crippen MR) is 148 cm³/mol. The van der Waals surface area contributed by atoms with E-state index in [9.17, 15) is 0 Å². The van der Waals surface area contributed by atoms with Crippen LogP contribution >= 0.6 is 0 Å². The Labute approximate surface area is 213 Å². The topological polar surface area (TPSA) is 34.0 Å². The van der Waals surface area contributed by atoms with Crippen LogP contribution in [0.15, 0.2) is 103 Å². The van der Waals surface area contributed by atoms with E-state index >= 15 is 0 Å². The van der Waals surface area contributed by atoms with Gasteiger partial charge in [0.15, 0.2) is 0 Å². The largest absolute Gasteiger partial charge is 0.363 e. The Balaban J connectivity index is 1.37. The van der Waals surface area contributed by atoms with Crippen LogP contribution in [0, 0.1) is 20.8 Å². The molecule has 0 unspecified atom stereocenters. The molecule has 0 atom stereocenters. The fourth-order valence-electron chi connectivity index (χ4n) is 4.65. The van der Waals surface area contributed by atoms with Crippen molar-refractivity contribution < 1.29 is 0 Å². The third-order valence-electron chi connectivity index (χ3n) is 6.41. The molecule has 0 spiro atoms. The second kappa shape index (κ2) is 10.6. The molecule has 0 fully saturated rings. The van der Waals surface area contributed by atoms with Gasteiger partial charge >= 0.3 is 0 Å². The lowest BCUT2D eigenvalue weighted by Gasteiger charge is -2.26. The fraction of sp³-hybridized carbons (Fsp3) is 0.188. The van der Waals surface area contributed by atoms with E-state index < -0.39 is 0 Å². The smallest absolute Gasteiger partial charge is 0.113 e. The summed E-state index contributed by atoms with van der Waals surface area (Å²) in [5.41, 5.74) is 10.8. The summed E-state index contributed by atoms with van der Waals surface area (Å²) >= 11 is 0. The van der Waals surface area contributed by atoms with Gasteiger partial charge in [0.05, 0.1) is 12.7 Å².